The van der Waals surface area contributed by atoms with E-state index in [2.05, 4.69) is 4.98 Å². The van der Waals surface area contributed by atoms with Gasteiger partial charge in [0, 0.05) is 11.2 Å². The van der Waals surface area contributed by atoms with Crippen LogP contribution in [-0.4, -0.2) is 17.1 Å². The maximum absolute atomic E-state index is 11.3. The summed E-state index contributed by atoms with van der Waals surface area (Å²) in [5.41, 5.74) is 0.237. The van der Waals surface area contributed by atoms with Crippen molar-refractivity contribution in [2.45, 2.75) is 20.0 Å². The van der Waals surface area contributed by atoms with Crippen LogP contribution < -0.4 is 0 Å². The van der Waals surface area contributed by atoms with Gasteiger partial charge in [-0.3, -0.25) is 0 Å². The molecule has 0 aliphatic rings. The minimum Gasteiger partial charge on any atom is -0.458 e. The molecule has 0 spiro atoms. The lowest BCUT2D eigenvalue weighted by atomic mass is 10.3. The first-order valence-electron chi connectivity index (χ1n) is 3.92. The summed E-state index contributed by atoms with van der Waals surface area (Å²) in [7, 11) is 0. The van der Waals surface area contributed by atoms with Crippen molar-refractivity contribution in [1.29, 1.82) is 0 Å². The second kappa shape index (κ2) is 4.23. The molecule has 0 saturated carbocycles. The van der Waals surface area contributed by atoms with Crippen molar-refractivity contribution >= 4 is 17.6 Å². The Morgan fingerprint density at radius 1 is 1.62 bits per heavy atom. The predicted molar refractivity (Wildman–Crippen MR) is 49.8 cm³/mol. The molecule has 0 saturated heterocycles. The lowest BCUT2D eigenvalue weighted by Gasteiger charge is -2.06. The number of esters is 1. The second-order valence-corrected chi connectivity index (χ2v) is 3.25. The number of carbonyl (C=O) groups excluding carboxylic acids is 1. The molecule has 0 amide bonds. The summed E-state index contributed by atoms with van der Waals surface area (Å²) >= 11 is 5.68. The van der Waals surface area contributed by atoms with Gasteiger partial charge >= 0.3 is 5.97 Å². The number of ether oxygens (including phenoxy) is 1. The highest BCUT2D eigenvalue weighted by atomic mass is 35.5. The Balaban J connectivity index is 2.77. The molecule has 1 heterocycles. The van der Waals surface area contributed by atoms with E-state index in [-0.39, 0.29) is 11.8 Å². The van der Waals surface area contributed by atoms with Crippen molar-refractivity contribution in [1.82, 2.24) is 4.98 Å². The molecule has 0 bridgehead atoms. The Bertz CT molecular complexity index is 312. The quantitative estimate of drug-likeness (QED) is 0.687. The average molecular weight is 200 g/mol. The molecule has 0 N–H and O–H groups in total. The van der Waals surface area contributed by atoms with Crippen molar-refractivity contribution < 1.29 is 9.53 Å². The molecule has 0 atom stereocenters. The van der Waals surface area contributed by atoms with Gasteiger partial charge in [0.15, 0.2) is 0 Å². The Morgan fingerprint density at radius 2 is 2.31 bits per heavy atom. The number of halogens is 1. The molecule has 1 rings (SSSR count). The van der Waals surface area contributed by atoms with Gasteiger partial charge in [0.25, 0.3) is 0 Å². The van der Waals surface area contributed by atoms with Gasteiger partial charge in [0.1, 0.15) is 5.69 Å². The van der Waals surface area contributed by atoms with Gasteiger partial charge in [-0.05, 0) is 26.0 Å². The van der Waals surface area contributed by atoms with Crippen LogP contribution in [0.5, 0.6) is 0 Å². The molecule has 0 aliphatic carbocycles. The number of carbonyl (C=O) groups is 1. The van der Waals surface area contributed by atoms with Crippen molar-refractivity contribution in [2.24, 2.45) is 0 Å². The zero-order chi connectivity index (χ0) is 9.84. The molecule has 0 aromatic carbocycles. The van der Waals surface area contributed by atoms with E-state index in [4.69, 9.17) is 16.3 Å². The van der Waals surface area contributed by atoms with E-state index >= 15 is 0 Å². The monoisotopic (exact) mass is 199 g/mol. The van der Waals surface area contributed by atoms with E-state index in [1.54, 1.807) is 19.9 Å². The highest BCUT2D eigenvalue weighted by Crippen LogP contribution is 2.09. The van der Waals surface area contributed by atoms with E-state index in [0.29, 0.717) is 5.02 Å². The first-order chi connectivity index (χ1) is 6.09. The van der Waals surface area contributed by atoms with Crippen molar-refractivity contribution in [3.05, 3.63) is 29.0 Å². The second-order valence-electron chi connectivity index (χ2n) is 2.81. The highest BCUT2D eigenvalue weighted by Gasteiger charge is 2.10. The van der Waals surface area contributed by atoms with Crippen molar-refractivity contribution in [3.8, 4) is 0 Å². The lowest BCUT2D eigenvalue weighted by molar-refractivity contribution is 0.0371. The summed E-state index contributed by atoms with van der Waals surface area (Å²) < 4.78 is 4.93. The van der Waals surface area contributed by atoms with Gasteiger partial charge in [0.05, 0.1) is 6.10 Å². The van der Waals surface area contributed by atoms with E-state index < -0.39 is 5.97 Å². The van der Waals surface area contributed by atoms with E-state index in [0.717, 1.165) is 0 Å². The zero-order valence-corrected chi connectivity index (χ0v) is 8.21. The summed E-state index contributed by atoms with van der Waals surface area (Å²) in [6.45, 7) is 3.56. The third-order valence-corrected chi connectivity index (χ3v) is 1.51. The molecule has 0 aliphatic heterocycles. The maximum atomic E-state index is 11.3. The topological polar surface area (TPSA) is 39.2 Å². The van der Waals surface area contributed by atoms with Gasteiger partial charge in [-0.2, -0.15) is 0 Å². The summed E-state index contributed by atoms with van der Waals surface area (Å²) in [5, 5.41) is 0.478. The molecule has 13 heavy (non-hydrogen) atoms. The largest absolute Gasteiger partial charge is 0.458 e. The predicted octanol–water partition coefficient (Wildman–Crippen LogP) is 2.30. The first kappa shape index (κ1) is 9.99. The molecule has 70 valence electrons. The van der Waals surface area contributed by atoms with E-state index in [1.165, 1.54) is 12.3 Å². The fourth-order valence-corrected chi connectivity index (χ4v) is 0.951. The molecule has 1 aromatic heterocycles. The number of hydrogen-bond donors (Lipinski definition) is 0. The number of hydrogen-bond acceptors (Lipinski definition) is 3. The third-order valence-electron chi connectivity index (χ3n) is 1.27. The van der Waals surface area contributed by atoms with E-state index in [9.17, 15) is 4.79 Å². The van der Waals surface area contributed by atoms with Crippen LogP contribution in [-0.2, 0) is 4.74 Å². The standard InChI is InChI=1S/C9H10ClNO2/c1-6(2)13-9(12)8-5-7(10)3-4-11-8/h3-6H,1-2H3. The zero-order valence-electron chi connectivity index (χ0n) is 7.45. The van der Waals surface area contributed by atoms with Crippen molar-refractivity contribution in [3.63, 3.8) is 0 Å². The SMILES string of the molecule is CC(C)OC(=O)c1cc(Cl)ccn1. The molecule has 3 nitrogen and oxygen atoms in total. The highest BCUT2D eigenvalue weighted by molar-refractivity contribution is 6.30. The molecular formula is C9H10ClNO2. The van der Waals surface area contributed by atoms with Gasteiger partial charge in [-0.15, -0.1) is 0 Å². The number of pyridine rings is 1. The van der Waals surface area contributed by atoms with Crippen LogP contribution in [0.3, 0.4) is 0 Å². The lowest BCUT2D eigenvalue weighted by Crippen LogP contribution is -2.12. The van der Waals surface area contributed by atoms with E-state index in [1.807, 2.05) is 0 Å². The van der Waals surface area contributed by atoms with Crippen LogP contribution >= 0.6 is 11.6 Å². The van der Waals surface area contributed by atoms with Crippen LogP contribution in [0.15, 0.2) is 18.3 Å². The van der Waals surface area contributed by atoms with Crippen LogP contribution in [0.4, 0.5) is 0 Å². The summed E-state index contributed by atoms with van der Waals surface area (Å²) in [6.07, 6.45) is 1.33. The fraction of sp³-hybridized carbons (Fsp3) is 0.333. The number of rotatable bonds is 2. The van der Waals surface area contributed by atoms with Crippen LogP contribution in [0.1, 0.15) is 24.3 Å². The fourth-order valence-electron chi connectivity index (χ4n) is 0.791. The minimum atomic E-state index is -0.447. The number of aromatic nitrogens is 1. The van der Waals surface area contributed by atoms with Crippen LogP contribution in [0, 0.1) is 0 Å². The van der Waals surface area contributed by atoms with Gasteiger partial charge in [-0.25, -0.2) is 9.78 Å². The minimum absolute atomic E-state index is 0.145. The molecule has 0 unspecified atom stereocenters. The third kappa shape index (κ3) is 3.03. The van der Waals surface area contributed by atoms with Gasteiger partial charge in [0.2, 0.25) is 0 Å². The number of nitrogens with zero attached hydrogens (tertiary/aromatic N) is 1. The molecule has 0 radical (unpaired) electrons. The van der Waals surface area contributed by atoms with Crippen molar-refractivity contribution in [2.75, 3.05) is 0 Å². The Morgan fingerprint density at radius 3 is 2.85 bits per heavy atom. The van der Waals surface area contributed by atoms with Gasteiger partial charge < -0.3 is 4.74 Å². The Labute approximate surface area is 81.7 Å². The smallest absolute Gasteiger partial charge is 0.357 e. The normalized spacial score (nSPS) is 10.2. The molecular weight excluding hydrogens is 190 g/mol. The van der Waals surface area contributed by atoms with Gasteiger partial charge in [-0.1, -0.05) is 11.6 Å². The molecule has 4 heteroatoms. The summed E-state index contributed by atoms with van der Waals surface area (Å²) in [4.78, 5) is 15.1. The molecule has 1 aromatic rings. The molecule has 0 fully saturated rings. The Hall–Kier alpha value is -1.09. The summed E-state index contributed by atoms with van der Waals surface area (Å²) in [6, 6.07) is 3.08. The van der Waals surface area contributed by atoms with Crippen LogP contribution in [0.25, 0.3) is 0 Å². The average Bonchev–Trinajstić information content (AvgIpc) is 2.03. The first-order valence-corrected chi connectivity index (χ1v) is 4.30. The maximum Gasteiger partial charge on any atom is 0.357 e. The van der Waals surface area contributed by atoms with Crippen LogP contribution in [0.2, 0.25) is 5.02 Å². The Kier molecular flexibility index (Phi) is 3.25. The summed E-state index contributed by atoms with van der Waals surface area (Å²) in [5.74, 6) is -0.447.